The van der Waals surface area contributed by atoms with E-state index in [9.17, 15) is 9.59 Å². The zero-order valence-corrected chi connectivity index (χ0v) is 11.7. The van der Waals surface area contributed by atoms with E-state index >= 15 is 0 Å². The van der Waals surface area contributed by atoms with Crippen molar-refractivity contribution in [3.8, 4) is 0 Å². The number of amides is 2. The van der Waals surface area contributed by atoms with E-state index in [4.69, 9.17) is 11.6 Å². The van der Waals surface area contributed by atoms with Gasteiger partial charge < -0.3 is 0 Å². The van der Waals surface area contributed by atoms with Crippen molar-refractivity contribution in [2.45, 2.75) is 0 Å². The molecule has 2 aromatic carbocycles. The van der Waals surface area contributed by atoms with Gasteiger partial charge in [0.25, 0.3) is 11.8 Å². The molecular weight excluding hydrogens is 288 g/mol. The number of imide groups is 1. The standard InChI is InChI=1S/C16H11ClN2O2/c17-12-8-6-11(7-9-12)14-10-15(20)19(16(14)21)18-13-4-2-1-3-5-13/h1-10,18H. The monoisotopic (exact) mass is 298 g/mol. The highest BCUT2D eigenvalue weighted by atomic mass is 35.5. The lowest BCUT2D eigenvalue weighted by atomic mass is 10.1. The van der Waals surface area contributed by atoms with Gasteiger partial charge in [-0.1, -0.05) is 41.9 Å². The number of carbonyl (C=O) groups excluding carboxylic acids is 2. The Hall–Kier alpha value is -2.59. The van der Waals surface area contributed by atoms with Crippen molar-refractivity contribution in [3.05, 3.63) is 71.3 Å². The SMILES string of the molecule is O=C1C=C(c2ccc(Cl)cc2)C(=O)N1Nc1ccccc1. The molecule has 5 heteroatoms. The average Bonchev–Trinajstić information content (AvgIpc) is 2.77. The molecule has 0 spiro atoms. The Morgan fingerprint density at radius 2 is 1.57 bits per heavy atom. The summed E-state index contributed by atoms with van der Waals surface area (Å²) in [5.41, 5.74) is 4.49. The lowest BCUT2D eigenvalue weighted by molar-refractivity contribution is -0.134. The lowest BCUT2D eigenvalue weighted by Gasteiger charge is -2.17. The number of hydrazine groups is 1. The molecule has 2 aromatic rings. The molecule has 0 radical (unpaired) electrons. The molecule has 0 atom stereocenters. The molecule has 0 aliphatic carbocycles. The van der Waals surface area contributed by atoms with Gasteiger partial charge in [-0.15, -0.1) is 0 Å². The van der Waals surface area contributed by atoms with Crippen molar-refractivity contribution in [1.29, 1.82) is 0 Å². The van der Waals surface area contributed by atoms with Gasteiger partial charge in [0.1, 0.15) is 0 Å². The summed E-state index contributed by atoms with van der Waals surface area (Å²) in [4.78, 5) is 24.3. The Bertz CT molecular complexity index is 724. The highest BCUT2D eigenvalue weighted by Crippen LogP contribution is 2.25. The maximum Gasteiger partial charge on any atom is 0.280 e. The number of benzene rings is 2. The van der Waals surface area contributed by atoms with Gasteiger partial charge in [-0.3, -0.25) is 15.0 Å². The number of nitrogens with zero attached hydrogens (tertiary/aromatic N) is 1. The highest BCUT2D eigenvalue weighted by molar-refractivity contribution is 6.34. The molecule has 0 saturated carbocycles. The van der Waals surface area contributed by atoms with Crippen LogP contribution in [0.4, 0.5) is 5.69 Å². The number of anilines is 1. The molecule has 4 nitrogen and oxygen atoms in total. The third kappa shape index (κ3) is 2.66. The number of carbonyl (C=O) groups is 2. The van der Waals surface area contributed by atoms with Gasteiger partial charge in [-0.05, 0) is 29.8 Å². The molecule has 1 aliphatic heterocycles. The van der Waals surface area contributed by atoms with E-state index in [1.807, 2.05) is 18.2 Å². The fraction of sp³-hybridized carbons (Fsp3) is 0. The summed E-state index contributed by atoms with van der Waals surface area (Å²) < 4.78 is 0. The van der Waals surface area contributed by atoms with E-state index in [0.717, 1.165) is 5.01 Å². The molecule has 104 valence electrons. The van der Waals surface area contributed by atoms with Crippen molar-refractivity contribution in [2.24, 2.45) is 0 Å². The van der Waals surface area contributed by atoms with Crippen LogP contribution < -0.4 is 5.43 Å². The summed E-state index contributed by atoms with van der Waals surface area (Å²) in [6, 6.07) is 15.8. The number of hydrogen-bond acceptors (Lipinski definition) is 3. The summed E-state index contributed by atoms with van der Waals surface area (Å²) in [7, 11) is 0. The number of para-hydroxylation sites is 1. The predicted molar refractivity (Wildman–Crippen MR) is 81.3 cm³/mol. The van der Waals surface area contributed by atoms with Crippen LogP contribution in [0.25, 0.3) is 5.57 Å². The van der Waals surface area contributed by atoms with Crippen LogP contribution in [0.3, 0.4) is 0 Å². The maximum absolute atomic E-state index is 12.3. The zero-order valence-electron chi connectivity index (χ0n) is 10.9. The quantitative estimate of drug-likeness (QED) is 0.886. The van der Waals surface area contributed by atoms with Crippen LogP contribution >= 0.6 is 11.6 Å². The van der Waals surface area contributed by atoms with E-state index in [1.54, 1.807) is 36.4 Å². The van der Waals surface area contributed by atoms with E-state index in [-0.39, 0.29) is 5.91 Å². The number of nitrogens with one attached hydrogen (secondary N) is 1. The summed E-state index contributed by atoms with van der Waals surface area (Å²) in [5, 5.41) is 1.58. The zero-order chi connectivity index (χ0) is 14.8. The molecular formula is C16H11ClN2O2. The van der Waals surface area contributed by atoms with Crippen molar-refractivity contribution < 1.29 is 9.59 Å². The molecule has 1 aliphatic rings. The van der Waals surface area contributed by atoms with Gasteiger partial charge in [0.2, 0.25) is 0 Å². The Kier molecular flexibility index (Phi) is 3.46. The molecule has 1 N–H and O–H groups in total. The van der Waals surface area contributed by atoms with Crippen LogP contribution in [0.1, 0.15) is 5.56 Å². The summed E-state index contributed by atoms with van der Waals surface area (Å²) in [5.74, 6) is -0.778. The first kappa shape index (κ1) is 13.4. The molecule has 0 saturated heterocycles. The third-order valence-electron chi connectivity index (χ3n) is 3.09. The van der Waals surface area contributed by atoms with Gasteiger partial charge in [0, 0.05) is 11.1 Å². The smallest absolute Gasteiger partial charge is 0.280 e. The van der Waals surface area contributed by atoms with Crippen LogP contribution in [-0.2, 0) is 9.59 Å². The fourth-order valence-corrected chi connectivity index (χ4v) is 2.18. The second kappa shape index (κ2) is 5.42. The van der Waals surface area contributed by atoms with Gasteiger partial charge in [0.15, 0.2) is 0 Å². The predicted octanol–water partition coefficient (Wildman–Crippen LogP) is 3.12. The van der Waals surface area contributed by atoms with Crippen LogP contribution in [-0.4, -0.2) is 16.8 Å². The molecule has 0 aromatic heterocycles. The van der Waals surface area contributed by atoms with Crippen molar-refractivity contribution in [3.63, 3.8) is 0 Å². The number of halogens is 1. The average molecular weight is 299 g/mol. The van der Waals surface area contributed by atoms with E-state index in [2.05, 4.69) is 5.43 Å². The van der Waals surface area contributed by atoms with Gasteiger partial charge in [0.05, 0.1) is 11.3 Å². The minimum Gasteiger partial charge on any atom is -0.288 e. The molecule has 21 heavy (non-hydrogen) atoms. The van der Waals surface area contributed by atoms with Crippen LogP contribution in [0.15, 0.2) is 60.7 Å². The maximum atomic E-state index is 12.3. The lowest BCUT2D eigenvalue weighted by Crippen LogP contribution is -2.36. The Morgan fingerprint density at radius 1 is 0.905 bits per heavy atom. The molecule has 0 unspecified atom stereocenters. The third-order valence-corrected chi connectivity index (χ3v) is 3.34. The largest absolute Gasteiger partial charge is 0.288 e. The van der Waals surface area contributed by atoms with Gasteiger partial charge in [-0.25, -0.2) is 0 Å². The summed E-state index contributed by atoms with van der Waals surface area (Å²) in [6.45, 7) is 0. The normalized spacial score (nSPS) is 14.3. The second-order valence-corrected chi connectivity index (χ2v) is 4.96. The number of hydrogen-bond donors (Lipinski definition) is 1. The summed E-state index contributed by atoms with van der Waals surface area (Å²) >= 11 is 5.83. The van der Waals surface area contributed by atoms with Gasteiger partial charge >= 0.3 is 0 Å². The van der Waals surface area contributed by atoms with Crippen LogP contribution in [0.5, 0.6) is 0 Å². The molecule has 0 bridgehead atoms. The van der Waals surface area contributed by atoms with Crippen molar-refractivity contribution >= 4 is 34.7 Å². The summed E-state index contributed by atoms with van der Waals surface area (Å²) in [6.07, 6.45) is 1.32. The molecule has 1 heterocycles. The molecule has 3 rings (SSSR count). The first-order valence-corrected chi connectivity index (χ1v) is 6.71. The first-order valence-electron chi connectivity index (χ1n) is 6.33. The van der Waals surface area contributed by atoms with Crippen molar-refractivity contribution in [1.82, 2.24) is 5.01 Å². The fourth-order valence-electron chi connectivity index (χ4n) is 2.05. The Balaban J connectivity index is 1.84. The minimum atomic E-state index is -0.395. The van der Waals surface area contributed by atoms with Crippen molar-refractivity contribution in [2.75, 3.05) is 5.43 Å². The Morgan fingerprint density at radius 3 is 2.24 bits per heavy atom. The van der Waals surface area contributed by atoms with Crippen LogP contribution in [0.2, 0.25) is 5.02 Å². The Labute approximate surface area is 126 Å². The van der Waals surface area contributed by atoms with Gasteiger partial charge in [-0.2, -0.15) is 5.01 Å². The topological polar surface area (TPSA) is 49.4 Å². The number of rotatable bonds is 3. The van der Waals surface area contributed by atoms with E-state index in [0.29, 0.717) is 21.8 Å². The molecule has 2 amide bonds. The first-order chi connectivity index (χ1) is 10.1. The highest BCUT2D eigenvalue weighted by Gasteiger charge is 2.32. The van der Waals surface area contributed by atoms with E-state index < -0.39 is 5.91 Å². The second-order valence-electron chi connectivity index (χ2n) is 4.52. The molecule has 0 fully saturated rings. The van der Waals surface area contributed by atoms with Crippen LogP contribution in [0, 0.1) is 0 Å². The minimum absolute atomic E-state index is 0.347. The van der Waals surface area contributed by atoms with E-state index in [1.165, 1.54) is 6.08 Å².